The fraction of sp³-hybridized carbons (Fsp3) is 0.474. The number of para-hydroxylation sites is 1. The number of rotatable bonds is 3. The fourth-order valence-corrected chi connectivity index (χ4v) is 3.40. The summed E-state index contributed by atoms with van der Waals surface area (Å²) in [6.07, 6.45) is 3.93. The number of aromatic nitrogens is 2. The van der Waals surface area contributed by atoms with Gasteiger partial charge in [-0.1, -0.05) is 18.2 Å². The first-order valence-electron chi connectivity index (χ1n) is 8.94. The third kappa shape index (κ3) is 3.75. The Morgan fingerprint density at radius 3 is 2.56 bits per heavy atom. The number of hydrogen-bond acceptors (Lipinski definition) is 6. The van der Waals surface area contributed by atoms with Crippen molar-refractivity contribution < 1.29 is 4.74 Å². The van der Waals surface area contributed by atoms with Gasteiger partial charge in [0, 0.05) is 68.5 Å². The van der Waals surface area contributed by atoms with E-state index in [9.17, 15) is 0 Å². The van der Waals surface area contributed by atoms with Crippen molar-refractivity contribution in [3.63, 3.8) is 0 Å². The van der Waals surface area contributed by atoms with Crippen LogP contribution in [0.25, 0.3) is 0 Å². The Balaban J connectivity index is 1.46. The summed E-state index contributed by atoms with van der Waals surface area (Å²) in [5.74, 6) is 0.844. The molecule has 0 radical (unpaired) electrons. The second-order valence-corrected chi connectivity index (χ2v) is 6.78. The van der Waals surface area contributed by atoms with Gasteiger partial charge in [0.25, 0.3) is 0 Å². The normalized spacial score (nSPS) is 18.8. The number of ether oxygens (including phenoxy) is 1. The molecule has 0 saturated carbocycles. The molecule has 4 rings (SSSR count). The van der Waals surface area contributed by atoms with Crippen LogP contribution in [0.5, 0.6) is 0 Å². The van der Waals surface area contributed by atoms with Gasteiger partial charge in [0.2, 0.25) is 5.95 Å². The van der Waals surface area contributed by atoms with Crippen LogP contribution in [-0.2, 0) is 17.9 Å². The molecule has 3 heterocycles. The molecule has 0 amide bonds. The van der Waals surface area contributed by atoms with Crippen LogP contribution in [0.1, 0.15) is 11.1 Å². The Labute approximate surface area is 149 Å². The molecule has 6 heteroatoms. The first-order chi connectivity index (χ1) is 12.3. The third-order valence-corrected chi connectivity index (χ3v) is 4.95. The van der Waals surface area contributed by atoms with Crippen LogP contribution in [0.3, 0.4) is 0 Å². The predicted molar refractivity (Wildman–Crippen MR) is 98.9 cm³/mol. The van der Waals surface area contributed by atoms with E-state index in [1.807, 2.05) is 12.4 Å². The Morgan fingerprint density at radius 1 is 1.00 bits per heavy atom. The summed E-state index contributed by atoms with van der Waals surface area (Å²) >= 11 is 0. The van der Waals surface area contributed by atoms with Crippen molar-refractivity contribution in [2.75, 3.05) is 56.2 Å². The van der Waals surface area contributed by atoms with E-state index in [1.54, 1.807) is 0 Å². The molecule has 0 bridgehead atoms. The van der Waals surface area contributed by atoms with Crippen LogP contribution >= 0.6 is 0 Å². The number of benzene rings is 1. The van der Waals surface area contributed by atoms with Gasteiger partial charge in [-0.05, 0) is 13.1 Å². The number of fused-ring (bicyclic) bond motifs is 1. The van der Waals surface area contributed by atoms with E-state index in [-0.39, 0.29) is 0 Å². The monoisotopic (exact) mass is 339 g/mol. The van der Waals surface area contributed by atoms with Crippen molar-refractivity contribution in [1.82, 2.24) is 14.9 Å². The summed E-state index contributed by atoms with van der Waals surface area (Å²) in [5.41, 5.74) is 3.63. The molecular formula is C19H25N5O. The second-order valence-electron chi connectivity index (χ2n) is 6.78. The van der Waals surface area contributed by atoms with E-state index >= 15 is 0 Å². The zero-order valence-electron chi connectivity index (χ0n) is 14.8. The van der Waals surface area contributed by atoms with Gasteiger partial charge in [0.1, 0.15) is 0 Å². The minimum Gasteiger partial charge on any atom is -0.375 e. The molecule has 25 heavy (non-hydrogen) atoms. The van der Waals surface area contributed by atoms with Gasteiger partial charge >= 0.3 is 0 Å². The third-order valence-electron chi connectivity index (χ3n) is 4.95. The van der Waals surface area contributed by atoms with Crippen LogP contribution in [0.4, 0.5) is 11.6 Å². The molecule has 0 unspecified atom stereocenters. The average Bonchev–Trinajstić information content (AvgIpc) is 2.86. The molecule has 1 fully saturated rings. The second kappa shape index (κ2) is 7.37. The molecule has 2 aliphatic heterocycles. The Bertz CT molecular complexity index is 697. The Morgan fingerprint density at radius 2 is 1.76 bits per heavy atom. The van der Waals surface area contributed by atoms with E-state index in [1.165, 1.54) is 11.3 Å². The standard InChI is InChI=1S/C19H25N5O/c1-22-6-8-23(9-7-22)19-20-12-16(13-21-19)14-24-10-11-25-15-17-4-2-3-5-18(17)24/h2-5,12-13H,6-11,14-15H2,1H3. The topological polar surface area (TPSA) is 44.7 Å². The van der Waals surface area contributed by atoms with Crippen LogP contribution in [-0.4, -0.2) is 61.2 Å². The van der Waals surface area contributed by atoms with Crippen molar-refractivity contribution in [1.29, 1.82) is 0 Å². The minimum absolute atomic E-state index is 0.686. The quantitative estimate of drug-likeness (QED) is 0.849. The van der Waals surface area contributed by atoms with Gasteiger partial charge in [-0.3, -0.25) is 0 Å². The lowest BCUT2D eigenvalue weighted by molar-refractivity contribution is 0.132. The van der Waals surface area contributed by atoms with Crippen LogP contribution in [0.2, 0.25) is 0 Å². The van der Waals surface area contributed by atoms with Crippen LogP contribution in [0, 0.1) is 0 Å². The van der Waals surface area contributed by atoms with E-state index in [4.69, 9.17) is 4.74 Å². The molecule has 2 aliphatic rings. The lowest BCUT2D eigenvalue weighted by atomic mass is 10.1. The van der Waals surface area contributed by atoms with E-state index in [0.29, 0.717) is 6.61 Å². The average molecular weight is 339 g/mol. The first kappa shape index (κ1) is 16.3. The lowest BCUT2D eigenvalue weighted by Crippen LogP contribution is -2.45. The predicted octanol–water partition coefficient (Wildman–Crippen LogP) is 1.77. The Kier molecular flexibility index (Phi) is 4.81. The van der Waals surface area contributed by atoms with Gasteiger partial charge in [-0.25, -0.2) is 9.97 Å². The summed E-state index contributed by atoms with van der Waals surface area (Å²) < 4.78 is 5.71. The maximum atomic E-state index is 5.71. The molecule has 0 spiro atoms. The highest BCUT2D eigenvalue weighted by Crippen LogP contribution is 2.25. The van der Waals surface area contributed by atoms with E-state index < -0.39 is 0 Å². The van der Waals surface area contributed by atoms with Gasteiger partial charge in [0.15, 0.2) is 0 Å². The number of likely N-dealkylation sites (N-methyl/N-ethyl adjacent to an activating group) is 1. The van der Waals surface area contributed by atoms with Gasteiger partial charge < -0.3 is 19.4 Å². The van der Waals surface area contributed by atoms with Crippen molar-refractivity contribution in [3.05, 3.63) is 47.8 Å². The zero-order chi connectivity index (χ0) is 17.1. The van der Waals surface area contributed by atoms with Gasteiger partial charge in [0.05, 0.1) is 13.2 Å². The summed E-state index contributed by atoms with van der Waals surface area (Å²) in [6.45, 7) is 7.24. The summed E-state index contributed by atoms with van der Waals surface area (Å²) in [5, 5.41) is 0. The van der Waals surface area contributed by atoms with Gasteiger partial charge in [-0.15, -0.1) is 0 Å². The minimum atomic E-state index is 0.686. The lowest BCUT2D eigenvalue weighted by Gasteiger charge is -2.32. The Hall–Kier alpha value is -2.18. The summed E-state index contributed by atoms with van der Waals surface area (Å²) in [7, 11) is 2.16. The zero-order valence-corrected chi connectivity index (χ0v) is 14.8. The highest BCUT2D eigenvalue weighted by Gasteiger charge is 2.18. The SMILES string of the molecule is CN1CCN(c2ncc(CN3CCOCc4ccccc43)cn2)CC1. The van der Waals surface area contributed by atoms with Gasteiger partial charge in [-0.2, -0.15) is 0 Å². The first-order valence-corrected chi connectivity index (χ1v) is 8.94. The largest absolute Gasteiger partial charge is 0.375 e. The molecule has 1 saturated heterocycles. The number of hydrogen-bond donors (Lipinski definition) is 0. The van der Waals surface area contributed by atoms with E-state index in [0.717, 1.165) is 57.4 Å². The number of nitrogens with zero attached hydrogens (tertiary/aromatic N) is 5. The highest BCUT2D eigenvalue weighted by atomic mass is 16.5. The molecule has 1 aromatic heterocycles. The fourth-order valence-electron chi connectivity index (χ4n) is 3.40. The molecular weight excluding hydrogens is 314 g/mol. The van der Waals surface area contributed by atoms with Crippen molar-refractivity contribution in [2.24, 2.45) is 0 Å². The van der Waals surface area contributed by atoms with Crippen LogP contribution < -0.4 is 9.80 Å². The summed E-state index contributed by atoms with van der Waals surface area (Å²) in [4.78, 5) is 16.2. The molecule has 2 aromatic rings. The number of piperazine rings is 1. The van der Waals surface area contributed by atoms with Crippen molar-refractivity contribution in [2.45, 2.75) is 13.2 Å². The molecule has 1 aromatic carbocycles. The molecule has 0 aliphatic carbocycles. The maximum Gasteiger partial charge on any atom is 0.225 e. The summed E-state index contributed by atoms with van der Waals surface area (Å²) in [6, 6.07) is 8.47. The highest BCUT2D eigenvalue weighted by molar-refractivity contribution is 5.54. The molecule has 0 N–H and O–H groups in total. The van der Waals surface area contributed by atoms with Crippen LogP contribution in [0.15, 0.2) is 36.7 Å². The van der Waals surface area contributed by atoms with Crippen molar-refractivity contribution >= 4 is 11.6 Å². The molecule has 6 nitrogen and oxygen atoms in total. The molecule has 132 valence electrons. The number of anilines is 2. The maximum absolute atomic E-state index is 5.71. The smallest absolute Gasteiger partial charge is 0.225 e. The van der Waals surface area contributed by atoms with Crippen molar-refractivity contribution in [3.8, 4) is 0 Å². The molecule has 0 atom stereocenters. The van der Waals surface area contributed by atoms with E-state index in [2.05, 4.69) is 56.0 Å².